The minimum absolute atomic E-state index is 1.32. The summed E-state index contributed by atoms with van der Waals surface area (Å²) in [5.74, 6) is 0. The van der Waals surface area contributed by atoms with Crippen molar-refractivity contribution >= 4 is 0 Å². The summed E-state index contributed by atoms with van der Waals surface area (Å²) in [6.07, 6.45) is 0. The van der Waals surface area contributed by atoms with Gasteiger partial charge >= 0.3 is 0 Å². The van der Waals surface area contributed by atoms with Crippen LogP contribution in [0.4, 0.5) is 0 Å². The Labute approximate surface area is 185 Å². The van der Waals surface area contributed by atoms with Gasteiger partial charge in [-0.05, 0) is 6.92 Å². The molecule has 0 fully saturated rings. The van der Waals surface area contributed by atoms with Gasteiger partial charge in [0.05, 0.1) is 0 Å². The van der Waals surface area contributed by atoms with E-state index in [-0.39, 0.29) is 0 Å². The van der Waals surface area contributed by atoms with Crippen molar-refractivity contribution in [1.29, 1.82) is 0 Å². The van der Waals surface area contributed by atoms with Crippen molar-refractivity contribution in [2.75, 3.05) is 0 Å². The van der Waals surface area contributed by atoms with Crippen LogP contribution >= 0.6 is 0 Å². The fraction of sp³-hybridized carbons (Fsp3) is 0.379. The molecule has 0 radical (unpaired) electrons. The van der Waals surface area contributed by atoms with Gasteiger partial charge in [0.1, 0.15) is 0 Å². The van der Waals surface area contributed by atoms with Crippen molar-refractivity contribution in [2.45, 2.75) is 76.2 Å². The minimum atomic E-state index is 1.32. The predicted molar refractivity (Wildman–Crippen MR) is 141 cm³/mol. The molecule has 0 spiro atoms. The van der Waals surface area contributed by atoms with Crippen LogP contribution in [0, 0.1) is 6.92 Å². The molecule has 0 heteroatoms. The van der Waals surface area contributed by atoms with E-state index in [0.29, 0.717) is 0 Å². The lowest BCUT2D eigenvalue weighted by molar-refractivity contribution is 1.48. The molecule has 0 saturated heterocycles. The van der Waals surface area contributed by atoms with Gasteiger partial charge in [0.15, 0.2) is 0 Å². The quantitative estimate of drug-likeness (QED) is 0.353. The Balaban J connectivity index is -0.0000000820. The molecule has 0 amide bonds. The van der Waals surface area contributed by atoms with Gasteiger partial charge in [-0.1, -0.05) is 178 Å². The molecule has 0 unspecified atom stereocenters. The lowest BCUT2D eigenvalue weighted by Crippen LogP contribution is -1.62. The number of benzene rings is 3. The number of aryl methyl sites for hydroxylation is 1. The largest absolute Gasteiger partial charge is 0.0683 e. The van der Waals surface area contributed by atoms with E-state index in [0.717, 1.165) is 0 Å². The lowest BCUT2D eigenvalue weighted by Gasteiger charge is -1.82. The third-order valence-electron chi connectivity index (χ3n) is 2.27. The van der Waals surface area contributed by atoms with Gasteiger partial charge in [-0.25, -0.2) is 0 Å². The lowest BCUT2D eigenvalue weighted by atomic mass is 10.2. The fourth-order valence-electron chi connectivity index (χ4n) is 1.30. The molecular formula is C29H50. The summed E-state index contributed by atoms with van der Waals surface area (Å²) in [7, 11) is 0. The standard InChI is InChI=1S/C7H8.2C6H6.5C2H6/c1-7-5-3-2-4-6-7;2*1-2-4-6-5-3-1;5*1-2/h2-6H,1H3;2*1-6H;5*1-2H3. The van der Waals surface area contributed by atoms with E-state index in [2.05, 4.69) is 19.1 Å². The van der Waals surface area contributed by atoms with Crippen LogP contribution in [0.2, 0.25) is 0 Å². The summed E-state index contributed by atoms with van der Waals surface area (Å²) in [5, 5.41) is 0. The first-order valence-corrected chi connectivity index (χ1v) is 11.4. The van der Waals surface area contributed by atoms with E-state index in [4.69, 9.17) is 0 Å². The Bertz CT molecular complexity index is 401. The summed E-state index contributed by atoms with van der Waals surface area (Å²) in [5.41, 5.74) is 1.32. The normalized spacial score (nSPS) is 6.45. The average molecular weight is 399 g/mol. The first-order valence-electron chi connectivity index (χ1n) is 11.4. The van der Waals surface area contributed by atoms with Crippen LogP contribution in [-0.2, 0) is 0 Å². The van der Waals surface area contributed by atoms with Crippen LogP contribution in [0.5, 0.6) is 0 Å². The Hall–Kier alpha value is -2.34. The van der Waals surface area contributed by atoms with Gasteiger partial charge in [0, 0.05) is 0 Å². The summed E-state index contributed by atoms with van der Waals surface area (Å²) >= 11 is 0. The summed E-state index contributed by atoms with van der Waals surface area (Å²) in [6, 6.07) is 34.3. The Morgan fingerprint density at radius 2 is 0.414 bits per heavy atom. The number of hydrogen-bond donors (Lipinski definition) is 0. The second kappa shape index (κ2) is 50.0. The molecule has 3 rings (SSSR count). The van der Waals surface area contributed by atoms with E-state index < -0.39 is 0 Å². The van der Waals surface area contributed by atoms with Gasteiger partial charge < -0.3 is 0 Å². The van der Waals surface area contributed by atoms with Gasteiger partial charge in [-0.3, -0.25) is 0 Å². The molecule has 0 heterocycles. The highest BCUT2D eigenvalue weighted by atomic mass is 13.8. The van der Waals surface area contributed by atoms with Crippen molar-refractivity contribution in [1.82, 2.24) is 0 Å². The van der Waals surface area contributed by atoms with Crippen molar-refractivity contribution in [2.24, 2.45) is 0 Å². The maximum atomic E-state index is 2.08. The Morgan fingerprint density at radius 3 is 0.517 bits per heavy atom. The molecule has 0 nitrogen and oxygen atoms in total. The van der Waals surface area contributed by atoms with E-state index in [9.17, 15) is 0 Å². The molecule has 29 heavy (non-hydrogen) atoms. The molecule has 3 aromatic carbocycles. The minimum Gasteiger partial charge on any atom is -0.0683 e. The molecule has 0 aliphatic carbocycles. The summed E-state index contributed by atoms with van der Waals surface area (Å²) < 4.78 is 0. The third kappa shape index (κ3) is 46.1. The predicted octanol–water partition coefficient (Wildman–Crippen LogP) is 10.5. The molecule has 0 atom stereocenters. The first kappa shape index (κ1) is 37.4. The molecule has 0 N–H and O–H groups in total. The van der Waals surface area contributed by atoms with Gasteiger partial charge in [0.2, 0.25) is 0 Å². The number of hydrogen-bond acceptors (Lipinski definition) is 0. The summed E-state index contributed by atoms with van der Waals surface area (Å²) in [6.45, 7) is 22.1. The zero-order valence-electron chi connectivity index (χ0n) is 21.3. The molecule has 166 valence electrons. The van der Waals surface area contributed by atoms with E-state index in [1.807, 2.05) is 160 Å². The van der Waals surface area contributed by atoms with Crippen LogP contribution in [0.1, 0.15) is 74.8 Å². The second-order valence-corrected chi connectivity index (χ2v) is 3.96. The van der Waals surface area contributed by atoms with Crippen LogP contribution in [-0.4, -0.2) is 0 Å². The van der Waals surface area contributed by atoms with Crippen LogP contribution in [0.15, 0.2) is 103 Å². The van der Waals surface area contributed by atoms with E-state index in [1.54, 1.807) is 0 Å². The maximum Gasteiger partial charge on any atom is -0.0398 e. The molecule has 0 aliphatic rings. The summed E-state index contributed by atoms with van der Waals surface area (Å²) in [4.78, 5) is 0. The molecule has 3 aromatic rings. The van der Waals surface area contributed by atoms with Crippen molar-refractivity contribution in [3.63, 3.8) is 0 Å². The number of rotatable bonds is 0. The highest BCUT2D eigenvalue weighted by Crippen LogP contribution is 1.92. The van der Waals surface area contributed by atoms with Crippen molar-refractivity contribution < 1.29 is 0 Å². The van der Waals surface area contributed by atoms with Crippen LogP contribution in [0.3, 0.4) is 0 Å². The van der Waals surface area contributed by atoms with Crippen LogP contribution < -0.4 is 0 Å². The Kier molecular flexibility index (Phi) is 64.6. The molecular weight excluding hydrogens is 348 g/mol. The average Bonchev–Trinajstić information content (AvgIpc) is 2.89. The van der Waals surface area contributed by atoms with E-state index >= 15 is 0 Å². The van der Waals surface area contributed by atoms with Gasteiger partial charge in [-0.15, -0.1) is 0 Å². The topological polar surface area (TPSA) is 0 Å². The highest BCUT2D eigenvalue weighted by molar-refractivity contribution is 5.11. The van der Waals surface area contributed by atoms with Gasteiger partial charge in [0.25, 0.3) is 0 Å². The first-order chi connectivity index (χ1) is 14.4. The molecule has 0 saturated carbocycles. The zero-order chi connectivity index (χ0) is 23.6. The monoisotopic (exact) mass is 398 g/mol. The smallest absolute Gasteiger partial charge is 0.0398 e. The molecule has 0 aromatic heterocycles. The van der Waals surface area contributed by atoms with Crippen LogP contribution in [0.25, 0.3) is 0 Å². The highest BCUT2D eigenvalue weighted by Gasteiger charge is 1.72. The molecule has 0 aliphatic heterocycles. The second-order valence-electron chi connectivity index (χ2n) is 3.96. The fourth-order valence-corrected chi connectivity index (χ4v) is 1.30. The van der Waals surface area contributed by atoms with Crippen molar-refractivity contribution in [3.05, 3.63) is 109 Å². The van der Waals surface area contributed by atoms with E-state index in [1.165, 1.54) is 5.56 Å². The maximum absolute atomic E-state index is 2.08. The third-order valence-corrected chi connectivity index (χ3v) is 2.27. The Morgan fingerprint density at radius 1 is 0.276 bits per heavy atom. The SMILES string of the molecule is CC.CC.CC.CC.CC.Cc1ccccc1.c1ccccc1.c1ccccc1. The van der Waals surface area contributed by atoms with Gasteiger partial charge in [-0.2, -0.15) is 0 Å². The zero-order valence-corrected chi connectivity index (χ0v) is 21.3. The van der Waals surface area contributed by atoms with Crippen molar-refractivity contribution in [3.8, 4) is 0 Å². The molecule has 0 bridgehead atoms.